The number of halogens is 3. The zero-order valence-corrected chi connectivity index (χ0v) is 10.7. The third-order valence-corrected chi connectivity index (χ3v) is 2.54. The van der Waals surface area contributed by atoms with Crippen LogP contribution in [-0.4, -0.2) is 28.1 Å². The molecule has 0 saturated carbocycles. The topological polar surface area (TPSA) is 96.5 Å². The molecule has 2 amide bonds. The molecule has 21 heavy (non-hydrogen) atoms. The van der Waals surface area contributed by atoms with Crippen molar-refractivity contribution in [2.45, 2.75) is 18.6 Å². The van der Waals surface area contributed by atoms with Crippen LogP contribution in [0.15, 0.2) is 31.0 Å². The van der Waals surface area contributed by atoms with Crippen LogP contribution in [0.2, 0.25) is 0 Å². The highest BCUT2D eigenvalue weighted by atomic mass is 19.4. The number of carboxylic acid groups (broad SMARTS) is 1. The summed E-state index contributed by atoms with van der Waals surface area (Å²) >= 11 is 0. The Balaban J connectivity index is 3.32. The second-order valence-electron chi connectivity index (χ2n) is 3.99. The van der Waals surface area contributed by atoms with Crippen LogP contribution in [0.3, 0.4) is 0 Å². The highest BCUT2D eigenvalue weighted by Gasteiger charge is 2.34. The van der Waals surface area contributed by atoms with Crippen LogP contribution in [0, 0.1) is 0 Å². The highest BCUT2D eigenvalue weighted by Crippen LogP contribution is 2.31. The second-order valence-corrected chi connectivity index (χ2v) is 3.99. The highest BCUT2D eigenvalue weighted by molar-refractivity contribution is 5.96. The first-order valence-electron chi connectivity index (χ1n) is 5.64. The van der Waals surface area contributed by atoms with Gasteiger partial charge in [0.1, 0.15) is 11.9 Å². The molecule has 1 rings (SSSR count). The van der Waals surface area contributed by atoms with Crippen LogP contribution in [0.25, 0.3) is 0 Å². The molecular formula is C12H12F3N3O3. The summed E-state index contributed by atoms with van der Waals surface area (Å²) in [5.74, 6) is -1.93. The van der Waals surface area contributed by atoms with Crippen LogP contribution >= 0.6 is 0 Å². The molecule has 0 fully saturated rings. The molecule has 1 aromatic heterocycles. The molecule has 3 N–H and O–H groups in total. The molecule has 1 unspecified atom stereocenters. The number of nitrogens with two attached hydrogens (primary N) is 1. The third-order valence-electron chi connectivity index (χ3n) is 2.54. The number of carbonyl (C=O) groups excluding carboxylic acids is 1. The van der Waals surface area contributed by atoms with Gasteiger partial charge in [-0.25, -0.2) is 14.6 Å². The van der Waals surface area contributed by atoms with E-state index in [4.69, 9.17) is 10.8 Å². The van der Waals surface area contributed by atoms with Crippen molar-refractivity contribution in [2.24, 2.45) is 5.73 Å². The molecule has 0 aliphatic carbocycles. The monoisotopic (exact) mass is 303 g/mol. The average molecular weight is 303 g/mol. The number of hydrogen-bond acceptors (Lipinski definition) is 3. The first-order valence-corrected chi connectivity index (χ1v) is 5.64. The Kier molecular flexibility index (Phi) is 4.90. The summed E-state index contributed by atoms with van der Waals surface area (Å²) in [5.41, 5.74) is 4.00. The predicted octanol–water partition coefficient (Wildman–Crippen LogP) is 2.01. The average Bonchev–Trinajstić information content (AvgIpc) is 2.37. The lowest BCUT2D eigenvalue weighted by Crippen LogP contribution is -2.48. The van der Waals surface area contributed by atoms with E-state index in [0.717, 1.165) is 6.20 Å². The van der Waals surface area contributed by atoms with Crippen molar-refractivity contribution < 1.29 is 27.9 Å². The van der Waals surface area contributed by atoms with Crippen molar-refractivity contribution in [1.82, 2.24) is 4.98 Å². The van der Waals surface area contributed by atoms with E-state index >= 15 is 0 Å². The SMILES string of the molecule is C=CCC(C(=O)O)N(C(N)=O)c1cc(C(F)(F)F)ccn1. The van der Waals surface area contributed by atoms with Crippen molar-refractivity contribution in [3.63, 3.8) is 0 Å². The second kappa shape index (κ2) is 6.25. The Morgan fingerprint density at radius 2 is 2.14 bits per heavy atom. The number of carboxylic acids is 1. The number of amides is 2. The molecule has 0 bridgehead atoms. The maximum atomic E-state index is 12.6. The molecule has 114 valence electrons. The largest absolute Gasteiger partial charge is 0.480 e. The van der Waals surface area contributed by atoms with Crippen molar-refractivity contribution in [2.75, 3.05) is 4.90 Å². The zero-order valence-electron chi connectivity index (χ0n) is 10.7. The van der Waals surface area contributed by atoms with Gasteiger partial charge >= 0.3 is 18.2 Å². The smallest absolute Gasteiger partial charge is 0.416 e. The molecule has 9 heteroatoms. The van der Waals surface area contributed by atoms with Crippen molar-refractivity contribution >= 4 is 17.8 Å². The number of anilines is 1. The minimum Gasteiger partial charge on any atom is -0.480 e. The number of urea groups is 1. The van der Waals surface area contributed by atoms with E-state index in [1.54, 1.807) is 0 Å². The molecule has 0 aromatic carbocycles. The van der Waals surface area contributed by atoms with Gasteiger partial charge in [0.15, 0.2) is 0 Å². The molecule has 0 radical (unpaired) electrons. The van der Waals surface area contributed by atoms with E-state index in [1.165, 1.54) is 6.08 Å². The standard InChI is InChI=1S/C12H12F3N3O3/c1-2-3-8(10(19)20)18(11(16)21)9-6-7(4-5-17-9)12(13,14)15/h2,4-6,8H,1,3H2,(H2,16,21)(H,19,20). The van der Waals surface area contributed by atoms with Gasteiger partial charge in [-0.3, -0.25) is 4.90 Å². The molecule has 1 aromatic rings. The predicted molar refractivity (Wildman–Crippen MR) is 67.5 cm³/mol. The van der Waals surface area contributed by atoms with Gasteiger partial charge in [-0.05, 0) is 18.6 Å². The maximum Gasteiger partial charge on any atom is 0.416 e. The van der Waals surface area contributed by atoms with Crippen LogP contribution in [0.4, 0.5) is 23.8 Å². The van der Waals surface area contributed by atoms with Crippen molar-refractivity contribution in [3.8, 4) is 0 Å². The lowest BCUT2D eigenvalue weighted by atomic mass is 10.1. The Bertz CT molecular complexity index is 560. The van der Waals surface area contributed by atoms with E-state index in [9.17, 15) is 22.8 Å². The molecule has 0 saturated heterocycles. The lowest BCUT2D eigenvalue weighted by molar-refractivity contribution is -0.138. The van der Waals surface area contributed by atoms with E-state index < -0.39 is 35.6 Å². The molecule has 6 nitrogen and oxygen atoms in total. The Labute approximate surface area is 117 Å². The number of carbonyl (C=O) groups is 2. The molecule has 1 heterocycles. The van der Waals surface area contributed by atoms with E-state index in [0.29, 0.717) is 17.0 Å². The minimum absolute atomic E-state index is 0.198. The summed E-state index contributed by atoms with van der Waals surface area (Å²) < 4.78 is 37.9. The van der Waals surface area contributed by atoms with Gasteiger partial charge in [-0.15, -0.1) is 6.58 Å². The summed E-state index contributed by atoms with van der Waals surface area (Å²) in [4.78, 5) is 26.6. The van der Waals surface area contributed by atoms with Gasteiger partial charge < -0.3 is 10.8 Å². The number of aliphatic carboxylic acids is 1. The fourth-order valence-electron chi connectivity index (χ4n) is 1.63. The van der Waals surface area contributed by atoms with E-state index in [1.807, 2.05) is 0 Å². The summed E-state index contributed by atoms with van der Waals surface area (Å²) in [7, 11) is 0. The number of alkyl halides is 3. The molecule has 0 spiro atoms. The van der Waals surface area contributed by atoms with Gasteiger partial charge in [0, 0.05) is 6.20 Å². The van der Waals surface area contributed by atoms with Crippen LogP contribution in [0.1, 0.15) is 12.0 Å². The summed E-state index contributed by atoms with van der Waals surface area (Å²) in [6, 6.07) is -1.46. The number of rotatable bonds is 5. The molecule has 1 atom stereocenters. The van der Waals surface area contributed by atoms with Gasteiger partial charge in [0.25, 0.3) is 0 Å². The molecule has 0 aliphatic rings. The first-order chi connectivity index (χ1) is 9.68. The minimum atomic E-state index is -4.65. The number of pyridine rings is 1. The van der Waals surface area contributed by atoms with Crippen molar-refractivity contribution in [1.29, 1.82) is 0 Å². The van der Waals surface area contributed by atoms with Gasteiger partial charge in [0.2, 0.25) is 0 Å². The van der Waals surface area contributed by atoms with E-state index in [-0.39, 0.29) is 6.42 Å². The third kappa shape index (κ3) is 3.94. The van der Waals surface area contributed by atoms with Gasteiger partial charge in [-0.1, -0.05) is 6.08 Å². The number of hydrogen-bond donors (Lipinski definition) is 2. The quantitative estimate of drug-likeness (QED) is 0.813. The number of aromatic nitrogens is 1. The first kappa shape index (κ1) is 16.5. The van der Waals surface area contributed by atoms with E-state index in [2.05, 4.69) is 11.6 Å². The van der Waals surface area contributed by atoms with Crippen LogP contribution in [0.5, 0.6) is 0 Å². The van der Waals surface area contributed by atoms with Gasteiger partial charge in [0.05, 0.1) is 5.56 Å². The lowest BCUT2D eigenvalue weighted by Gasteiger charge is -2.26. The molecule has 0 aliphatic heterocycles. The summed E-state index contributed by atoms with van der Waals surface area (Å²) in [5, 5.41) is 9.07. The Morgan fingerprint density at radius 3 is 2.57 bits per heavy atom. The normalized spacial score (nSPS) is 12.5. The number of primary amides is 1. The fraction of sp³-hybridized carbons (Fsp3) is 0.250. The Hall–Kier alpha value is -2.58. The summed E-state index contributed by atoms with van der Waals surface area (Å²) in [6.45, 7) is 3.33. The van der Waals surface area contributed by atoms with Crippen molar-refractivity contribution in [3.05, 3.63) is 36.5 Å². The maximum absolute atomic E-state index is 12.6. The van der Waals surface area contributed by atoms with Crippen LogP contribution in [-0.2, 0) is 11.0 Å². The fourth-order valence-corrected chi connectivity index (χ4v) is 1.63. The summed E-state index contributed by atoms with van der Waals surface area (Å²) in [6.07, 6.45) is -2.82. The van der Waals surface area contributed by atoms with Crippen LogP contribution < -0.4 is 10.6 Å². The molecular weight excluding hydrogens is 291 g/mol. The van der Waals surface area contributed by atoms with Gasteiger partial charge in [-0.2, -0.15) is 13.2 Å². The number of nitrogens with zero attached hydrogens (tertiary/aromatic N) is 2. The Morgan fingerprint density at radius 1 is 1.52 bits per heavy atom. The zero-order chi connectivity index (χ0) is 16.2.